The van der Waals surface area contributed by atoms with E-state index in [0.29, 0.717) is 6.42 Å². The van der Waals surface area contributed by atoms with Crippen LogP contribution in [0.15, 0.2) is 47.5 Å². The van der Waals surface area contributed by atoms with Crippen molar-refractivity contribution < 1.29 is 13.6 Å². The van der Waals surface area contributed by atoms with Gasteiger partial charge in [-0.05, 0) is 48.7 Å². The quantitative estimate of drug-likeness (QED) is 0.317. The maximum absolute atomic E-state index is 13.8. The molecule has 4 rings (SSSR count). The lowest BCUT2D eigenvalue weighted by Crippen LogP contribution is -2.48. The molecule has 32 heavy (non-hydrogen) atoms. The van der Waals surface area contributed by atoms with E-state index in [1.807, 2.05) is 0 Å². The highest BCUT2D eigenvalue weighted by atomic mass is 35.5. The number of hydrogen-bond donors (Lipinski definition) is 4. The summed E-state index contributed by atoms with van der Waals surface area (Å²) < 4.78 is 27.0. The molecule has 7 nitrogen and oxygen atoms in total. The van der Waals surface area contributed by atoms with Crippen molar-refractivity contribution in [2.24, 2.45) is 10.8 Å². The SMILES string of the molecule is NN1NC(c2ccc(F)cc2)CC1N=C(NC(=O)c1ccc(Cl)c(F)c1)NC1CCCC1. The Morgan fingerprint density at radius 2 is 1.88 bits per heavy atom. The van der Waals surface area contributed by atoms with E-state index in [9.17, 15) is 13.6 Å². The minimum Gasteiger partial charge on any atom is -0.353 e. The van der Waals surface area contributed by atoms with Gasteiger partial charge in [0.15, 0.2) is 5.96 Å². The molecule has 1 aliphatic heterocycles. The van der Waals surface area contributed by atoms with Crippen molar-refractivity contribution in [1.82, 2.24) is 21.2 Å². The first-order chi connectivity index (χ1) is 15.4. The number of carbonyl (C=O) groups excluding carboxylic acids is 1. The van der Waals surface area contributed by atoms with Crippen LogP contribution in [0.1, 0.15) is 54.1 Å². The molecular formula is C22H25ClF2N6O. The molecule has 0 radical (unpaired) electrons. The van der Waals surface area contributed by atoms with E-state index < -0.39 is 17.9 Å². The summed E-state index contributed by atoms with van der Waals surface area (Å²) >= 11 is 5.72. The third-order valence-electron chi connectivity index (χ3n) is 5.73. The van der Waals surface area contributed by atoms with Crippen molar-refractivity contribution in [3.8, 4) is 0 Å². The minimum atomic E-state index is -0.670. The van der Waals surface area contributed by atoms with Gasteiger partial charge in [0, 0.05) is 18.0 Å². The number of halogens is 3. The van der Waals surface area contributed by atoms with E-state index in [0.717, 1.165) is 37.3 Å². The molecule has 0 bridgehead atoms. The molecule has 2 aliphatic rings. The lowest BCUT2D eigenvalue weighted by molar-refractivity contribution is 0.0974. The van der Waals surface area contributed by atoms with Crippen molar-refractivity contribution in [2.45, 2.75) is 50.4 Å². The number of guanidine groups is 1. The van der Waals surface area contributed by atoms with E-state index in [1.165, 1.54) is 29.4 Å². The summed E-state index contributed by atoms with van der Waals surface area (Å²) in [6.07, 6.45) is 4.18. The Bertz CT molecular complexity index is 996. The highest BCUT2D eigenvalue weighted by Crippen LogP contribution is 2.27. The number of hydrogen-bond acceptors (Lipinski definition) is 5. The van der Waals surface area contributed by atoms with Gasteiger partial charge in [-0.3, -0.25) is 16.0 Å². The predicted molar refractivity (Wildman–Crippen MR) is 118 cm³/mol. The maximum atomic E-state index is 13.8. The minimum absolute atomic E-state index is 0.0536. The predicted octanol–water partition coefficient (Wildman–Crippen LogP) is 3.39. The second kappa shape index (κ2) is 9.91. The van der Waals surface area contributed by atoms with Gasteiger partial charge < -0.3 is 5.32 Å². The summed E-state index contributed by atoms with van der Waals surface area (Å²) in [4.78, 5) is 17.4. The number of nitrogens with two attached hydrogens (primary N) is 1. The van der Waals surface area contributed by atoms with Crippen LogP contribution in [0.2, 0.25) is 5.02 Å². The van der Waals surface area contributed by atoms with Gasteiger partial charge in [0.25, 0.3) is 5.91 Å². The molecule has 10 heteroatoms. The summed E-state index contributed by atoms with van der Waals surface area (Å²) in [7, 11) is 0. The van der Waals surface area contributed by atoms with Gasteiger partial charge in [-0.1, -0.05) is 36.6 Å². The molecule has 1 saturated carbocycles. The van der Waals surface area contributed by atoms with Gasteiger partial charge in [-0.2, -0.15) is 5.12 Å². The molecule has 2 atom stereocenters. The fraction of sp³-hybridized carbons (Fsp3) is 0.364. The number of nitrogens with one attached hydrogen (secondary N) is 3. The van der Waals surface area contributed by atoms with Crippen molar-refractivity contribution in [3.05, 3.63) is 70.2 Å². The van der Waals surface area contributed by atoms with Crippen LogP contribution in [-0.2, 0) is 0 Å². The first-order valence-corrected chi connectivity index (χ1v) is 10.9. The number of hydrazine groups is 2. The van der Waals surface area contributed by atoms with Gasteiger partial charge in [-0.15, -0.1) is 0 Å². The molecule has 2 fully saturated rings. The van der Waals surface area contributed by atoms with E-state index in [-0.39, 0.29) is 34.4 Å². The summed E-state index contributed by atoms with van der Waals surface area (Å²) in [5.41, 5.74) is 4.13. The molecule has 170 valence electrons. The molecular weight excluding hydrogens is 438 g/mol. The van der Waals surface area contributed by atoms with Crippen molar-refractivity contribution in [2.75, 3.05) is 0 Å². The van der Waals surface area contributed by atoms with E-state index in [1.54, 1.807) is 12.1 Å². The third-order valence-corrected chi connectivity index (χ3v) is 6.04. The maximum Gasteiger partial charge on any atom is 0.258 e. The van der Waals surface area contributed by atoms with Gasteiger partial charge in [0.2, 0.25) is 0 Å². The molecule has 1 saturated heterocycles. The Morgan fingerprint density at radius 1 is 1.16 bits per heavy atom. The largest absolute Gasteiger partial charge is 0.353 e. The smallest absolute Gasteiger partial charge is 0.258 e. The van der Waals surface area contributed by atoms with E-state index in [4.69, 9.17) is 17.4 Å². The van der Waals surface area contributed by atoms with Crippen LogP contribution in [-0.4, -0.2) is 29.2 Å². The molecule has 0 spiro atoms. The molecule has 5 N–H and O–H groups in total. The normalized spacial score (nSPS) is 22.3. The average molecular weight is 463 g/mol. The Hall–Kier alpha value is -2.59. The van der Waals surface area contributed by atoms with Crippen LogP contribution in [0.25, 0.3) is 0 Å². The van der Waals surface area contributed by atoms with Crippen LogP contribution >= 0.6 is 11.6 Å². The standard InChI is InChI=1S/C22H25ClF2N6O/c23-17-10-7-14(11-18(17)25)21(32)29-22(27-16-3-1-2-4-16)28-20-12-19(30-31(20)26)13-5-8-15(24)9-6-13/h5-11,16,19-20,30H,1-4,12,26H2,(H2,27,28,29,32). The highest BCUT2D eigenvalue weighted by Gasteiger charge is 2.31. The average Bonchev–Trinajstić information content (AvgIpc) is 3.40. The zero-order valence-electron chi connectivity index (χ0n) is 17.3. The molecule has 2 aromatic carbocycles. The molecule has 1 amide bonds. The number of carbonyl (C=O) groups is 1. The zero-order valence-corrected chi connectivity index (χ0v) is 18.1. The highest BCUT2D eigenvalue weighted by molar-refractivity contribution is 6.30. The van der Waals surface area contributed by atoms with Crippen molar-refractivity contribution in [1.29, 1.82) is 0 Å². The third kappa shape index (κ3) is 5.42. The first-order valence-electron chi connectivity index (χ1n) is 10.6. The fourth-order valence-electron chi connectivity index (χ4n) is 4.00. The van der Waals surface area contributed by atoms with Gasteiger partial charge in [0.05, 0.1) is 11.1 Å². The second-order valence-electron chi connectivity index (χ2n) is 8.04. The van der Waals surface area contributed by atoms with Crippen LogP contribution in [0, 0.1) is 11.6 Å². The second-order valence-corrected chi connectivity index (χ2v) is 8.45. The lowest BCUT2D eigenvalue weighted by atomic mass is 10.0. The number of rotatable bonds is 4. The number of amides is 1. The van der Waals surface area contributed by atoms with Crippen LogP contribution < -0.4 is 21.9 Å². The summed E-state index contributed by atoms with van der Waals surface area (Å²) in [5, 5.41) is 7.36. The topological polar surface area (TPSA) is 94.8 Å². The number of nitrogens with zero attached hydrogens (tertiary/aromatic N) is 2. The fourth-order valence-corrected chi connectivity index (χ4v) is 4.12. The molecule has 1 aliphatic carbocycles. The Kier molecular flexibility index (Phi) is 7.00. The summed E-state index contributed by atoms with van der Waals surface area (Å²) in [5.74, 6) is 4.90. The first kappa shape index (κ1) is 22.6. The molecule has 2 aromatic rings. The van der Waals surface area contributed by atoms with Crippen molar-refractivity contribution in [3.63, 3.8) is 0 Å². The Balaban J connectivity index is 1.51. The monoisotopic (exact) mass is 462 g/mol. The molecule has 2 unspecified atom stereocenters. The number of aliphatic imine (C=N–C) groups is 1. The Labute approximate surface area is 190 Å². The molecule has 1 heterocycles. The van der Waals surface area contributed by atoms with Crippen LogP contribution in [0.4, 0.5) is 8.78 Å². The van der Waals surface area contributed by atoms with Crippen molar-refractivity contribution >= 4 is 23.5 Å². The summed E-state index contributed by atoms with van der Waals surface area (Å²) in [6.45, 7) is 0. The Morgan fingerprint density at radius 3 is 2.56 bits per heavy atom. The van der Waals surface area contributed by atoms with Crippen LogP contribution in [0.3, 0.4) is 0 Å². The van der Waals surface area contributed by atoms with E-state index in [2.05, 4.69) is 21.1 Å². The lowest BCUT2D eigenvalue weighted by Gasteiger charge is -2.20. The molecule has 0 aromatic heterocycles. The zero-order chi connectivity index (χ0) is 22.7. The van der Waals surface area contributed by atoms with Gasteiger partial charge in [-0.25, -0.2) is 19.2 Å². The summed E-state index contributed by atoms with van der Waals surface area (Å²) in [6, 6.07) is 10.1. The van der Waals surface area contributed by atoms with Crippen LogP contribution in [0.5, 0.6) is 0 Å². The number of benzene rings is 2. The van der Waals surface area contributed by atoms with E-state index >= 15 is 0 Å². The van der Waals surface area contributed by atoms with Gasteiger partial charge >= 0.3 is 0 Å². The van der Waals surface area contributed by atoms with Gasteiger partial charge in [0.1, 0.15) is 17.8 Å².